The van der Waals surface area contributed by atoms with Crippen LogP contribution < -0.4 is 10.6 Å². The molecule has 1 atom stereocenters. The standard InChI is InChI=1S/C11H14N2O2/c1-8(11(12)15)13(2)10-6-4-3-5-9(10)7-14/h3-8H,1-2H3,(H2,12,15). The Hall–Kier alpha value is -1.84. The summed E-state index contributed by atoms with van der Waals surface area (Å²) in [6, 6.07) is 6.63. The fourth-order valence-corrected chi connectivity index (χ4v) is 1.31. The Kier molecular flexibility index (Phi) is 3.44. The Labute approximate surface area is 88.7 Å². The van der Waals surface area contributed by atoms with Gasteiger partial charge in [-0.15, -0.1) is 0 Å². The number of benzene rings is 1. The maximum Gasteiger partial charge on any atom is 0.239 e. The molecule has 15 heavy (non-hydrogen) atoms. The Morgan fingerprint density at radius 1 is 1.47 bits per heavy atom. The number of carbonyl (C=O) groups excluding carboxylic acids is 2. The quantitative estimate of drug-likeness (QED) is 0.741. The van der Waals surface area contributed by atoms with Crippen LogP contribution in [0.3, 0.4) is 0 Å². The molecule has 0 bridgehead atoms. The lowest BCUT2D eigenvalue weighted by Crippen LogP contribution is -2.40. The summed E-state index contributed by atoms with van der Waals surface area (Å²) in [5.74, 6) is -0.418. The van der Waals surface area contributed by atoms with Crippen LogP contribution in [-0.2, 0) is 4.79 Å². The second kappa shape index (κ2) is 4.59. The monoisotopic (exact) mass is 206 g/mol. The number of nitrogens with two attached hydrogens (primary N) is 1. The van der Waals surface area contributed by atoms with Crippen molar-refractivity contribution < 1.29 is 9.59 Å². The minimum Gasteiger partial charge on any atom is -0.368 e. The van der Waals surface area contributed by atoms with Crippen LogP contribution in [-0.4, -0.2) is 25.3 Å². The van der Waals surface area contributed by atoms with Gasteiger partial charge in [-0.05, 0) is 19.1 Å². The van der Waals surface area contributed by atoms with Crippen molar-refractivity contribution in [3.8, 4) is 0 Å². The molecule has 1 aromatic carbocycles. The average molecular weight is 206 g/mol. The van der Waals surface area contributed by atoms with Crippen molar-refractivity contribution in [3.05, 3.63) is 29.8 Å². The average Bonchev–Trinajstić information content (AvgIpc) is 2.26. The Bertz CT molecular complexity index is 377. The maximum atomic E-state index is 11.0. The highest BCUT2D eigenvalue weighted by molar-refractivity contribution is 5.88. The number of rotatable bonds is 4. The molecule has 1 unspecified atom stereocenters. The number of aldehydes is 1. The highest BCUT2D eigenvalue weighted by Gasteiger charge is 2.17. The van der Waals surface area contributed by atoms with Crippen molar-refractivity contribution in [1.29, 1.82) is 0 Å². The predicted octanol–water partition coefficient (Wildman–Crippen LogP) is 0.809. The number of hydrogen-bond acceptors (Lipinski definition) is 3. The zero-order valence-corrected chi connectivity index (χ0v) is 8.81. The largest absolute Gasteiger partial charge is 0.368 e. The molecule has 0 aromatic heterocycles. The number of carbonyl (C=O) groups is 2. The molecule has 0 fully saturated rings. The summed E-state index contributed by atoms with van der Waals surface area (Å²) in [5.41, 5.74) is 6.45. The molecule has 1 amide bonds. The molecule has 1 aromatic rings. The van der Waals surface area contributed by atoms with E-state index >= 15 is 0 Å². The predicted molar refractivity (Wildman–Crippen MR) is 58.9 cm³/mol. The molecule has 4 nitrogen and oxygen atoms in total. The molecular weight excluding hydrogens is 192 g/mol. The first kappa shape index (κ1) is 11.2. The van der Waals surface area contributed by atoms with Crippen LogP contribution in [0.15, 0.2) is 24.3 Å². The van der Waals surface area contributed by atoms with Gasteiger partial charge in [0.25, 0.3) is 0 Å². The number of hydrogen-bond donors (Lipinski definition) is 1. The third-order valence-corrected chi connectivity index (χ3v) is 2.44. The highest BCUT2D eigenvalue weighted by Crippen LogP contribution is 2.19. The van der Waals surface area contributed by atoms with Gasteiger partial charge in [-0.25, -0.2) is 0 Å². The molecule has 0 radical (unpaired) electrons. The Morgan fingerprint density at radius 2 is 2.07 bits per heavy atom. The number of amides is 1. The van der Waals surface area contributed by atoms with Crippen LogP contribution in [0.5, 0.6) is 0 Å². The topological polar surface area (TPSA) is 63.4 Å². The van der Waals surface area contributed by atoms with E-state index in [-0.39, 0.29) is 0 Å². The summed E-state index contributed by atoms with van der Waals surface area (Å²) >= 11 is 0. The number of primary amides is 1. The summed E-state index contributed by atoms with van der Waals surface area (Å²) in [4.78, 5) is 23.5. The SMILES string of the molecule is CC(C(N)=O)N(C)c1ccccc1C=O. The van der Waals surface area contributed by atoms with Gasteiger partial charge in [-0.1, -0.05) is 12.1 Å². The minimum atomic E-state index is -0.439. The molecule has 80 valence electrons. The molecule has 4 heteroatoms. The summed E-state index contributed by atoms with van der Waals surface area (Å²) in [6.45, 7) is 1.70. The third-order valence-electron chi connectivity index (χ3n) is 2.44. The van der Waals surface area contributed by atoms with Crippen LogP contribution in [0.25, 0.3) is 0 Å². The van der Waals surface area contributed by atoms with E-state index in [0.717, 1.165) is 6.29 Å². The van der Waals surface area contributed by atoms with Gasteiger partial charge < -0.3 is 10.6 Å². The van der Waals surface area contributed by atoms with Crippen LogP contribution in [0.2, 0.25) is 0 Å². The number of para-hydroxylation sites is 1. The lowest BCUT2D eigenvalue weighted by molar-refractivity contribution is -0.118. The molecule has 0 saturated heterocycles. The van der Waals surface area contributed by atoms with E-state index in [1.54, 1.807) is 37.1 Å². The van der Waals surface area contributed by atoms with E-state index in [2.05, 4.69) is 0 Å². The molecule has 2 N–H and O–H groups in total. The molecule has 0 aliphatic heterocycles. The maximum absolute atomic E-state index is 11.0. The first-order chi connectivity index (χ1) is 7.07. The molecule has 0 saturated carbocycles. The summed E-state index contributed by atoms with van der Waals surface area (Å²) < 4.78 is 0. The van der Waals surface area contributed by atoms with E-state index in [1.165, 1.54) is 0 Å². The smallest absolute Gasteiger partial charge is 0.239 e. The van der Waals surface area contributed by atoms with E-state index in [0.29, 0.717) is 11.3 Å². The molecule has 0 aliphatic carbocycles. The zero-order valence-electron chi connectivity index (χ0n) is 8.81. The Morgan fingerprint density at radius 3 is 2.60 bits per heavy atom. The van der Waals surface area contributed by atoms with Gasteiger partial charge in [0.1, 0.15) is 6.04 Å². The number of anilines is 1. The normalized spacial score (nSPS) is 11.9. The van der Waals surface area contributed by atoms with E-state index in [1.807, 2.05) is 6.07 Å². The number of nitrogens with zero attached hydrogens (tertiary/aromatic N) is 1. The van der Waals surface area contributed by atoms with Crippen molar-refractivity contribution in [2.45, 2.75) is 13.0 Å². The van der Waals surface area contributed by atoms with Gasteiger partial charge in [0.2, 0.25) is 5.91 Å². The molecule has 0 heterocycles. The second-order valence-electron chi connectivity index (χ2n) is 3.37. The Balaban J connectivity index is 3.04. The zero-order chi connectivity index (χ0) is 11.4. The lowest BCUT2D eigenvalue weighted by Gasteiger charge is -2.25. The van der Waals surface area contributed by atoms with Gasteiger partial charge >= 0.3 is 0 Å². The second-order valence-corrected chi connectivity index (χ2v) is 3.37. The van der Waals surface area contributed by atoms with Crippen molar-refractivity contribution in [3.63, 3.8) is 0 Å². The van der Waals surface area contributed by atoms with Crippen LogP contribution in [0.4, 0.5) is 5.69 Å². The minimum absolute atomic E-state index is 0.418. The van der Waals surface area contributed by atoms with Crippen molar-refractivity contribution in [2.24, 2.45) is 5.73 Å². The van der Waals surface area contributed by atoms with Crippen molar-refractivity contribution >= 4 is 17.9 Å². The number of likely N-dealkylation sites (N-methyl/N-ethyl adjacent to an activating group) is 1. The lowest BCUT2D eigenvalue weighted by atomic mass is 10.1. The van der Waals surface area contributed by atoms with Crippen molar-refractivity contribution in [2.75, 3.05) is 11.9 Å². The first-order valence-corrected chi connectivity index (χ1v) is 4.64. The van der Waals surface area contributed by atoms with Gasteiger partial charge in [0, 0.05) is 18.3 Å². The molecular formula is C11H14N2O2. The first-order valence-electron chi connectivity index (χ1n) is 4.64. The highest BCUT2D eigenvalue weighted by atomic mass is 16.1. The van der Waals surface area contributed by atoms with E-state index < -0.39 is 11.9 Å². The molecule has 0 aliphatic rings. The van der Waals surface area contributed by atoms with Crippen molar-refractivity contribution in [1.82, 2.24) is 0 Å². The fraction of sp³-hybridized carbons (Fsp3) is 0.273. The summed E-state index contributed by atoms with van der Waals surface area (Å²) in [5, 5.41) is 0. The summed E-state index contributed by atoms with van der Waals surface area (Å²) in [7, 11) is 1.73. The van der Waals surface area contributed by atoms with Gasteiger partial charge in [0.15, 0.2) is 6.29 Å². The molecule has 1 rings (SSSR count). The van der Waals surface area contributed by atoms with Crippen LogP contribution in [0.1, 0.15) is 17.3 Å². The van der Waals surface area contributed by atoms with Crippen LogP contribution >= 0.6 is 0 Å². The third kappa shape index (κ3) is 2.34. The van der Waals surface area contributed by atoms with Gasteiger partial charge in [-0.2, -0.15) is 0 Å². The fourth-order valence-electron chi connectivity index (χ4n) is 1.31. The summed E-state index contributed by atoms with van der Waals surface area (Å²) in [6.07, 6.45) is 0.763. The van der Waals surface area contributed by atoms with Gasteiger partial charge in [0.05, 0.1) is 0 Å². The molecule has 0 spiro atoms. The van der Waals surface area contributed by atoms with Crippen LogP contribution in [0, 0.1) is 0 Å². The van der Waals surface area contributed by atoms with E-state index in [9.17, 15) is 9.59 Å². The van der Waals surface area contributed by atoms with Gasteiger partial charge in [-0.3, -0.25) is 9.59 Å². The van der Waals surface area contributed by atoms with E-state index in [4.69, 9.17) is 5.73 Å².